The molecule has 1 aliphatic carbocycles. The van der Waals surface area contributed by atoms with Crippen molar-refractivity contribution < 1.29 is 18.0 Å². The summed E-state index contributed by atoms with van der Waals surface area (Å²) in [4.78, 5) is 15.5. The van der Waals surface area contributed by atoms with Gasteiger partial charge in [-0.1, -0.05) is 37.6 Å². The zero-order chi connectivity index (χ0) is 26.9. The first-order valence-corrected chi connectivity index (χ1v) is 12.4. The molecule has 5 nitrogen and oxygen atoms in total. The molecule has 3 aromatic rings. The normalized spacial score (nSPS) is 18.8. The Kier molecular flexibility index (Phi) is 5.94. The van der Waals surface area contributed by atoms with Crippen LogP contribution in [0, 0.1) is 12.3 Å². The van der Waals surface area contributed by atoms with Crippen molar-refractivity contribution in [3.63, 3.8) is 0 Å². The molecule has 0 saturated carbocycles. The molecule has 9 heteroatoms. The highest BCUT2D eigenvalue weighted by Gasteiger charge is 2.43. The van der Waals surface area contributed by atoms with Gasteiger partial charge in [0, 0.05) is 49.0 Å². The van der Waals surface area contributed by atoms with Crippen LogP contribution in [0.25, 0.3) is 5.69 Å². The third kappa shape index (κ3) is 4.41. The minimum Gasteiger partial charge on any atom is -0.378 e. The summed E-state index contributed by atoms with van der Waals surface area (Å²) >= 11 is 6.41. The highest BCUT2D eigenvalue weighted by Crippen LogP contribution is 2.51. The smallest absolute Gasteiger partial charge is 0.378 e. The number of aromatic nitrogens is 2. The molecule has 0 saturated heterocycles. The number of nitrogens with one attached hydrogen (secondary N) is 1. The molecule has 0 radical (unpaired) electrons. The molecule has 1 N–H and O–H groups in total. The van der Waals surface area contributed by atoms with Crippen LogP contribution in [0.15, 0.2) is 53.7 Å². The Labute approximate surface area is 218 Å². The van der Waals surface area contributed by atoms with Crippen molar-refractivity contribution in [1.29, 1.82) is 0 Å². The van der Waals surface area contributed by atoms with E-state index in [9.17, 15) is 18.0 Å². The third-order valence-corrected chi connectivity index (χ3v) is 7.44. The van der Waals surface area contributed by atoms with Gasteiger partial charge in [-0.3, -0.25) is 4.79 Å². The molecular formula is C28H28ClF3N4O. The van der Waals surface area contributed by atoms with Crippen molar-refractivity contribution in [2.75, 3.05) is 24.3 Å². The van der Waals surface area contributed by atoms with E-state index in [4.69, 9.17) is 11.6 Å². The molecular weight excluding hydrogens is 501 g/mol. The van der Waals surface area contributed by atoms with Crippen LogP contribution in [0.1, 0.15) is 55.0 Å². The van der Waals surface area contributed by atoms with Gasteiger partial charge >= 0.3 is 6.18 Å². The molecule has 0 amide bonds. The number of Topliss-reactive ketones (excluding diaryl/α,β-unsaturated/α-hetero) is 1. The maximum Gasteiger partial charge on any atom is 0.416 e. The first-order valence-electron chi connectivity index (χ1n) is 12.0. The molecule has 194 valence electrons. The number of carbonyl (C=O) groups is 1. The van der Waals surface area contributed by atoms with Gasteiger partial charge in [0.15, 0.2) is 5.78 Å². The number of ketones is 1. The van der Waals surface area contributed by atoms with Gasteiger partial charge in [-0.25, -0.2) is 4.68 Å². The highest BCUT2D eigenvalue weighted by molar-refractivity contribution is 6.32. The van der Waals surface area contributed by atoms with Crippen molar-refractivity contribution in [2.24, 2.45) is 5.41 Å². The number of fused-ring (bicyclic) bond motifs is 1. The number of halogens is 4. The van der Waals surface area contributed by atoms with Crippen molar-refractivity contribution in [2.45, 2.75) is 45.7 Å². The van der Waals surface area contributed by atoms with E-state index in [1.54, 1.807) is 0 Å². The Hall–Kier alpha value is -3.26. The van der Waals surface area contributed by atoms with Crippen molar-refractivity contribution in [3.8, 4) is 5.69 Å². The predicted molar refractivity (Wildman–Crippen MR) is 140 cm³/mol. The summed E-state index contributed by atoms with van der Waals surface area (Å²) in [6.45, 7) is 5.89. The molecule has 2 heterocycles. The molecule has 0 spiro atoms. The second kappa shape index (κ2) is 8.65. The molecule has 1 atom stereocenters. The lowest BCUT2D eigenvalue weighted by atomic mass is 9.69. The fraction of sp³-hybridized carbons (Fsp3) is 0.357. The fourth-order valence-electron chi connectivity index (χ4n) is 5.40. The Morgan fingerprint density at radius 3 is 2.41 bits per heavy atom. The van der Waals surface area contributed by atoms with E-state index >= 15 is 0 Å². The van der Waals surface area contributed by atoms with Gasteiger partial charge in [-0.2, -0.15) is 18.3 Å². The lowest BCUT2D eigenvalue weighted by Crippen LogP contribution is -2.34. The second-order valence-corrected chi connectivity index (χ2v) is 11.2. The van der Waals surface area contributed by atoms with Crippen LogP contribution < -0.4 is 10.2 Å². The van der Waals surface area contributed by atoms with Crippen LogP contribution in [-0.2, 0) is 11.0 Å². The lowest BCUT2D eigenvalue weighted by molar-refractivity contribution is -0.137. The summed E-state index contributed by atoms with van der Waals surface area (Å²) < 4.78 is 42.1. The molecule has 2 aliphatic rings. The maximum absolute atomic E-state index is 13.5. The van der Waals surface area contributed by atoms with Crippen molar-refractivity contribution in [1.82, 2.24) is 9.78 Å². The van der Waals surface area contributed by atoms with Gasteiger partial charge < -0.3 is 10.2 Å². The molecule has 1 aliphatic heterocycles. The van der Waals surface area contributed by atoms with Crippen LogP contribution in [0.3, 0.4) is 0 Å². The minimum absolute atomic E-state index is 0.0651. The van der Waals surface area contributed by atoms with Crippen molar-refractivity contribution in [3.05, 3.63) is 81.1 Å². The second-order valence-electron chi connectivity index (χ2n) is 10.8. The molecule has 2 aromatic carbocycles. The zero-order valence-corrected chi connectivity index (χ0v) is 22.1. The van der Waals surface area contributed by atoms with Gasteiger partial charge in [-0.15, -0.1) is 0 Å². The number of hydrogen-bond acceptors (Lipinski definition) is 4. The summed E-state index contributed by atoms with van der Waals surface area (Å²) in [5.41, 5.74) is 3.85. The van der Waals surface area contributed by atoms with E-state index in [0.717, 1.165) is 34.6 Å². The minimum atomic E-state index is -4.53. The van der Waals surface area contributed by atoms with E-state index in [0.29, 0.717) is 29.9 Å². The van der Waals surface area contributed by atoms with Gasteiger partial charge in [0.25, 0.3) is 0 Å². The van der Waals surface area contributed by atoms with Crippen LogP contribution in [0.2, 0.25) is 5.02 Å². The summed E-state index contributed by atoms with van der Waals surface area (Å²) in [6, 6.07) is 11.2. The monoisotopic (exact) mass is 528 g/mol. The van der Waals surface area contributed by atoms with Crippen LogP contribution in [0.4, 0.5) is 24.7 Å². The largest absolute Gasteiger partial charge is 0.416 e. The number of rotatable bonds is 3. The van der Waals surface area contributed by atoms with E-state index in [-0.39, 0.29) is 21.9 Å². The van der Waals surface area contributed by atoms with Gasteiger partial charge in [0.05, 0.1) is 22.0 Å². The number of alkyl halides is 3. The predicted octanol–water partition coefficient (Wildman–Crippen LogP) is 7.12. The van der Waals surface area contributed by atoms with Gasteiger partial charge in [-0.05, 0) is 54.7 Å². The summed E-state index contributed by atoms with van der Waals surface area (Å²) in [6.07, 6.45) is -3.48. The van der Waals surface area contributed by atoms with Crippen LogP contribution >= 0.6 is 11.6 Å². The number of benzene rings is 2. The molecule has 0 unspecified atom stereocenters. The lowest BCUT2D eigenvalue weighted by Gasteiger charge is -2.38. The third-order valence-electron chi connectivity index (χ3n) is 7.12. The molecule has 1 aromatic heterocycles. The zero-order valence-electron chi connectivity index (χ0n) is 21.3. The molecule has 0 fully saturated rings. The van der Waals surface area contributed by atoms with E-state index in [1.807, 2.05) is 64.0 Å². The number of allylic oxidation sites excluding steroid dienone is 2. The fourth-order valence-corrected chi connectivity index (χ4v) is 5.60. The Balaban J connectivity index is 1.74. The van der Waals surface area contributed by atoms with Crippen LogP contribution in [0.5, 0.6) is 0 Å². The number of carbonyl (C=O) groups excluding carboxylic acids is 1. The molecule has 5 rings (SSSR count). The van der Waals surface area contributed by atoms with Crippen LogP contribution in [-0.4, -0.2) is 29.7 Å². The number of nitrogens with zero attached hydrogens (tertiary/aromatic N) is 3. The molecule has 37 heavy (non-hydrogen) atoms. The summed E-state index contributed by atoms with van der Waals surface area (Å²) in [7, 11) is 3.91. The maximum atomic E-state index is 13.5. The van der Waals surface area contributed by atoms with Gasteiger partial charge in [0.2, 0.25) is 0 Å². The Morgan fingerprint density at radius 2 is 1.78 bits per heavy atom. The summed E-state index contributed by atoms with van der Waals surface area (Å²) in [5, 5.41) is 8.19. The first kappa shape index (κ1) is 25.4. The van der Waals surface area contributed by atoms with E-state index < -0.39 is 17.7 Å². The Bertz CT molecular complexity index is 1430. The Morgan fingerprint density at radius 1 is 1.11 bits per heavy atom. The standard InChI is InChI=1S/C28H28ClF3N4O/c1-15-23-24(16-6-9-18(10-7-16)35(4)5)25-20(13-27(2,3)14-22(25)37)33-26(23)36(34-15)21-12-17(28(30,31)32)8-11-19(21)29/h6-12,24,33H,13-14H2,1-5H3/t24-/m1/s1. The topological polar surface area (TPSA) is 50.2 Å². The van der Waals surface area contributed by atoms with E-state index in [1.165, 1.54) is 10.7 Å². The number of anilines is 2. The highest BCUT2D eigenvalue weighted by atomic mass is 35.5. The van der Waals surface area contributed by atoms with Crippen molar-refractivity contribution >= 4 is 28.9 Å². The average molecular weight is 529 g/mol. The van der Waals surface area contributed by atoms with Gasteiger partial charge in [0.1, 0.15) is 5.82 Å². The summed E-state index contributed by atoms with van der Waals surface area (Å²) in [5.74, 6) is 0.199. The van der Waals surface area contributed by atoms with E-state index in [2.05, 4.69) is 10.4 Å². The average Bonchev–Trinajstić information content (AvgIpc) is 3.12. The number of hydrogen-bond donors (Lipinski definition) is 1. The number of aryl methyl sites for hydroxylation is 1. The first-order chi connectivity index (χ1) is 17.3. The quantitative estimate of drug-likeness (QED) is 0.393. The SMILES string of the molecule is Cc1nn(-c2cc(C(F)(F)F)ccc2Cl)c2c1[C@@H](c1ccc(N(C)C)cc1)C1=C(CC(C)(C)CC1=O)N2. The molecule has 0 bridgehead atoms.